The van der Waals surface area contributed by atoms with E-state index in [4.69, 9.17) is 5.73 Å². The number of hydrogen-bond donors (Lipinski definition) is 3. The molecule has 0 aliphatic carbocycles. The molecule has 16 heavy (non-hydrogen) atoms. The SMILES string of the molecule is NCC(O)c1ccc(C2CCNCC2)cc1. The van der Waals surface area contributed by atoms with Crippen LogP contribution in [-0.2, 0) is 0 Å². The Hall–Kier alpha value is -0.900. The Kier molecular flexibility index (Phi) is 3.93. The van der Waals surface area contributed by atoms with Gasteiger partial charge in [0, 0.05) is 6.54 Å². The van der Waals surface area contributed by atoms with Gasteiger partial charge < -0.3 is 16.2 Å². The average molecular weight is 220 g/mol. The van der Waals surface area contributed by atoms with E-state index >= 15 is 0 Å². The Bertz CT molecular complexity index is 317. The van der Waals surface area contributed by atoms with Crippen LogP contribution in [0.4, 0.5) is 0 Å². The maximum Gasteiger partial charge on any atom is 0.0912 e. The maximum absolute atomic E-state index is 9.60. The van der Waals surface area contributed by atoms with Gasteiger partial charge in [0.05, 0.1) is 6.10 Å². The van der Waals surface area contributed by atoms with Gasteiger partial charge in [0.15, 0.2) is 0 Å². The van der Waals surface area contributed by atoms with Gasteiger partial charge >= 0.3 is 0 Å². The summed E-state index contributed by atoms with van der Waals surface area (Å²) in [5.41, 5.74) is 7.73. The van der Waals surface area contributed by atoms with E-state index in [0.717, 1.165) is 18.7 Å². The Morgan fingerprint density at radius 1 is 1.25 bits per heavy atom. The molecule has 0 radical (unpaired) electrons. The topological polar surface area (TPSA) is 58.3 Å². The van der Waals surface area contributed by atoms with Gasteiger partial charge in [-0.2, -0.15) is 0 Å². The molecule has 3 heteroatoms. The van der Waals surface area contributed by atoms with Crippen molar-refractivity contribution in [1.82, 2.24) is 5.32 Å². The zero-order valence-electron chi connectivity index (χ0n) is 9.52. The average Bonchev–Trinajstić information content (AvgIpc) is 2.39. The van der Waals surface area contributed by atoms with Crippen LogP contribution in [0.1, 0.15) is 36.0 Å². The van der Waals surface area contributed by atoms with Crippen LogP contribution in [0.25, 0.3) is 0 Å². The summed E-state index contributed by atoms with van der Waals surface area (Å²) >= 11 is 0. The van der Waals surface area contributed by atoms with E-state index in [1.807, 2.05) is 12.1 Å². The largest absolute Gasteiger partial charge is 0.387 e. The van der Waals surface area contributed by atoms with Crippen molar-refractivity contribution in [3.8, 4) is 0 Å². The van der Waals surface area contributed by atoms with Gasteiger partial charge in [-0.1, -0.05) is 24.3 Å². The molecule has 3 nitrogen and oxygen atoms in total. The summed E-state index contributed by atoms with van der Waals surface area (Å²) in [6.07, 6.45) is 1.89. The normalized spacial score (nSPS) is 19.6. The molecule has 88 valence electrons. The second kappa shape index (κ2) is 5.43. The molecule has 0 spiro atoms. The molecule has 0 saturated carbocycles. The van der Waals surface area contributed by atoms with E-state index in [1.165, 1.54) is 18.4 Å². The molecule has 1 unspecified atom stereocenters. The predicted octanol–water partition coefficient (Wildman–Crippen LogP) is 1.15. The zero-order chi connectivity index (χ0) is 11.4. The zero-order valence-corrected chi connectivity index (χ0v) is 9.52. The Morgan fingerprint density at radius 2 is 1.88 bits per heavy atom. The minimum absolute atomic E-state index is 0.284. The third-order valence-electron chi connectivity index (χ3n) is 3.36. The quantitative estimate of drug-likeness (QED) is 0.716. The predicted molar refractivity (Wildman–Crippen MR) is 65.3 cm³/mol. The number of nitrogens with one attached hydrogen (secondary N) is 1. The summed E-state index contributed by atoms with van der Waals surface area (Å²) in [4.78, 5) is 0. The lowest BCUT2D eigenvalue weighted by molar-refractivity contribution is 0.186. The van der Waals surface area contributed by atoms with Gasteiger partial charge in [-0.05, 0) is 43.0 Å². The second-order valence-electron chi connectivity index (χ2n) is 4.44. The highest BCUT2D eigenvalue weighted by Gasteiger charge is 2.15. The number of rotatable bonds is 3. The van der Waals surface area contributed by atoms with E-state index in [0.29, 0.717) is 5.92 Å². The number of benzene rings is 1. The summed E-state index contributed by atoms with van der Waals surface area (Å²) in [6.45, 7) is 2.50. The molecule has 1 aliphatic heterocycles. The Morgan fingerprint density at radius 3 is 2.44 bits per heavy atom. The van der Waals surface area contributed by atoms with E-state index < -0.39 is 6.10 Å². The van der Waals surface area contributed by atoms with Crippen LogP contribution >= 0.6 is 0 Å². The fraction of sp³-hybridized carbons (Fsp3) is 0.538. The third kappa shape index (κ3) is 2.61. The van der Waals surface area contributed by atoms with Gasteiger partial charge in [-0.3, -0.25) is 0 Å². The fourth-order valence-electron chi connectivity index (χ4n) is 2.28. The first-order valence-corrected chi connectivity index (χ1v) is 6.00. The first kappa shape index (κ1) is 11.6. The van der Waals surface area contributed by atoms with E-state index in [-0.39, 0.29) is 6.54 Å². The van der Waals surface area contributed by atoms with Crippen LogP contribution < -0.4 is 11.1 Å². The first-order chi connectivity index (χ1) is 7.81. The summed E-state index contributed by atoms with van der Waals surface area (Å²) < 4.78 is 0. The lowest BCUT2D eigenvalue weighted by atomic mass is 9.89. The molecule has 1 atom stereocenters. The van der Waals surface area contributed by atoms with Crippen LogP contribution in [0.5, 0.6) is 0 Å². The number of nitrogens with two attached hydrogens (primary N) is 1. The highest BCUT2D eigenvalue weighted by molar-refractivity contribution is 5.27. The van der Waals surface area contributed by atoms with Crippen molar-refractivity contribution in [1.29, 1.82) is 0 Å². The summed E-state index contributed by atoms with van der Waals surface area (Å²) in [5, 5.41) is 13.0. The highest BCUT2D eigenvalue weighted by Crippen LogP contribution is 2.26. The summed E-state index contributed by atoms with van der Waals surface area (Å²) in [7, 11) is 0. The standard InChI is InChI=1S/C13H20N2O/c14-9-13(16)12-3-1-10(2-4-12)11-5-7-15-8-6-11/h1-4,11,13,15-16H,5-9,14H2. The number of aliphatic hydroxyl groups excluding tert-OH is 1. The van der Waals surface area contributed by atoms with Crippen LogP contribution in [0.2, 0.25) is 0 Å². The van der Waals surface area contributed by atoms with Crippen molar-refractivity contribution < 1.29 is 5.11 Å². The number of piperidine rings is 1. The molecular formula is C13H20N2O. The van der Waals surface area contributed by atoms with Crippen molar-refractivity contribution >= 4 is 0 Å². The van der Waals surface area contributed by atoms with Crippen molar-refractivity contribution in [2.75, 3.05) is 19.6 Å². The smallest absolute Gasteiger partial charge is 0.0912 e. The molecule has 1 aliphatic rings. The summed E-state index contributed by atoms with van der Waals surface area (Å²) in [6, 6.07) is 8.25. The van der Waals surface area contributed by atoms with Crippen LogP contribution in [-0.4, -0.2) is 24.7 Å². The van der Waals surface area contributed by atoms with Crippen LogP contribution in [0.15, 0.2) is 24.3 Å². The molecule has 0 amide bonds. The van der Waals surface area contributed by atoms with Gasteiger partial charge in [-0.15, -0.1) is 0 Å². The van der Waals surface area contributed by atoms with Crippen LogP contribution in [0.3, 0.4) is 0 Å². The minimum atomic E-state index is -0.526. The molecular weight excluding hydrogens is 200 g/mol. The lowest BCUT2D eigenvalue weighted by Gasteiger charge is -2.23. The molecule has 1 fully saturated rings. The number of aliphatic hydroxyl groups is 1. The van der Waals surface area contributed by atoms with Gasteiger partial charge in [0.1, 0.15) is 0 Å². The van der Waals surface area contributed by atoms with Crippen molar-refractivity contribution in [3.63, 3.8) is 0 Å². The molecule has 2 rings (SSSR count). The third-order valence-corrected chi connectivity index (χ3v) is 3.36. The van der Waals surface area contributed by atoms with E-state index in [9.17, 15) is 5.11 Å². The lowest BCUT2D eigenvalue weighted by Crippen LogP contribution is -2.26. The molecule has 0 aromatic heterocycles. The van der Waals surface area contributed by atoms with Crippen molar-refractivity contribution in [2.24, 2.45) is 5.73 Å². The van der Waals surface area contributed by atoms with E-state index in [2.05, 4.69) is 17.4 Å². The number of hydrogen-bond acceptors (Lipinski definition) is 3. The second-order valence-corrected chi connectivity index (χ2v) is 4.44. The molecule has 0 bridgehead atoms. The van der Waals surface area contributed by atoms with Gasteiger partial charge in [-0.25, -0.2) is 0 Å². The monoisotopic (exact) mass is 220 g/mol. The fourth-order valence-corrected chi connectivity index (χ4v) is 2.28. The van der Waals surface area contributed by atoms with Crippen molar-refractivity contribution in [3.05, 3.63) is 35.4 Å². The minimum Gasteiger partial charge on any atom is -0.387 e. The molecule has 1 saturated heterocycles. The first-order valence-electron chi connectivity index (χ1n) is 6.00. The van der Waals surface area contributed by atoms with Crippen molar-refractivity contribution in [2.45, 2.75) is 24.9 Å². The maximum atomic E-state index is 9.60. The molecule has 4 N–H and O–H groups in total. The Labute approximate surface area is 96.7 Å². The Balaban J connectivity index is 2.06. The van der Waals surface area contributed by atoms with Crippen LogP contribution in [0, 0.1) is 0 Å². The molecule has 1 aromatic rings. The van der Waals surface area contributed by atoms with Gasteiger partial charge in [0.25, 0.3) is 0 Å². The van der Waals surface area contributed by atoms with E-state index in [1.54, 1.807) is 0 Å². The molecule has 1 heterocycles. The summed E-state index contributed by atoms with van der Waals surface area (Å²) in [5.74, 6) is 0.672. The van der Waals surface area contributed by atoms with Gasteiger partial charge in [0.2, 0.25) is 0 Å². The highest BCUT2D eigenvalue weighted by atomic mass is 16.3. The molecule has 1 aromatic carbocycles.